The number of rotatable bonds is 6. The molecule has 0 aromatic heterocycles. The quantitative estimate of drug-likeness (QED) is 0.548. The van der Waals surface area contributed by atoms with E-state index in [1.165, 1.54) is 24.3 Å². The van der Waals surface area contributed by atoms with Crippen LogP contribution >= 0.6 is 15.9 Å². The van der Waals surface area contributed by atoms with Crippen molar-refractivity contribution in [2.75, 3.05) is 9.44 Å². The van der Waals surface area contributed by atoms with Crippen molar-refractivity contribution in [1.82, 2.24) is 0 Å². The molecular weight excluding hydrogens is 471 g/mol. The minimum atomic E-state index is -4.04. The first-order valence-corrected chi connectivity index (χ1v) is 11.6. The minimum Gasteiger partial charge on any atom is -0.277 e. The van der Waals surface area contributed by atoms with Gasteiger partial charge in [-0.05, 0) is 60.7 Å². The molecule has 0 fully saturated rings. The van der Waals surface area contributed by atoms with Gasteiger partial charge in [-0.15, -0.1) is 0 Å². The molecule has 0 aliphatic heterocycles. The second-order valence-electron chi connectivity index (χ2n) is 5.66. The molecule has 10 heteroatoms. The highest BCUT2D eigenvalue weighted by Crippen LogP contribution is 2.27. The number of hydrogen-bond donors (Lipinski definition) is 2. The molecule has 0 aliphatic rings. The Morgan fingerprint density at radius 1 is 0.643 bits per heavy atom. The molecule has 146 valence electrons. The summed E-state index contributed by atoms with van der Waals surface area (Å²) in [5.41, 5.74) is 0.0867. The molecule has 0 bridgehead atoms. The van der Waals surface area contributed by atoms with E-state index in [0.717, 1.165) is 28.7 Å². The topological polar surface area (TPSA) is 92.3 Å². The average Bonchev–Trinajstić information content (AvgIpc) is 2.64. The summed E-state index contributed by atoms with van der Waals surface area (Å²) in [6.07, 6.45) is 0. The van der Waals surface area contributed by atoms with Gasteiger partial charge in [0.1, 0.15) is 5.82 Å². The van der Waals surface area contributed by atoms with Crippen molar-refractivity contribution in [3.05, 3.63) is 83.1 Å². The van der Waals surface area contributed by atoms with Gasteiger partial charge in [-0.1, -0.05) is 28.1 Å². The number of para-hydroxylation sites is 2. The average molecular weight is 485 g/mol. The van der Waals surface area contributed by atoms with E-state index in [9.17, 15) is 21.2 Å². The maximum absolute atomic E-state index is 13.0. The van der Waals surface area contributed by atoms with Crippen LogP contribution in [0.2, 0.25) is 0 Å². The van der Waals surface area contributed by atoms with Gasteiger partial charge in [0.15, 0.2) is 0 Å². The Bertz CT molecular complexity index is 1100. The van der Waals surface area contributed by atoms with Crippen LogP contribution in [0.1, 0.15) is 0 Å². The molecule has 28 heavy (non-hydrogen) atoms. The second-order valence-corrected chi connectivity index (χ2v) is 9.94. The lowest BCUT2D eigenvalue weighted by Gasteiger charge is -2.14. The number of anilines is 2. The molecule has 0 saturated carbocycles. The SMILES string of the molecule is O=S(=O)(Nc1ccccc1NS(=O)(=O)c1ccc(Br)cc1)c1ccc(F)cc1. The molecule has 0 amide bonds. The van der Waals surface area contributed by atoms with Gasteiger partial charge in [-0.3, -0.25) is 9.44 Å². The van der Waals surface area contributed by atoms with Crippen molar-refractivity contribution in [3.63, 3.8) is 0 Å². The van der Waals surface area contributed by atoms with Gasteiger partial charge < -0.3 is 0 Å². The van der Waals surface area contributed by atoms with Crippen molar-refractivity contribution < 1.29 is 21.2 Å². The lowest BCUT2D eigenvalue weighted by molar-refractivity contribution is 0.598. The molecule has 0 atom stereocenters. The first kappa shape index (κ1) is 20.3. The third kappa shape index (κ3) is 4.70. The number of nitrogens with one attached hydrogen (secondary N) is 2. The van der Waals surface area contributed by atoms with Gasteiger partial charge in [0, 0.05) is 4.47 Å². The lowest BCUT2D eigenvalue weighted by atomic mass is 10.3. The number of hydrogen-bond acceptors (Lipinski definition) is 4. The maximum atomic E-state index is 13.0. The summed E-state index contributed by atoms with van der Waals surface area (Å²) in [4.78, 5) is -0.133. The maximum Gasteiger partial charge on any atom is 0.261 e. The van der Waals surface area contributed by atoms with E-state index in [-0.39, 0.29) is 21.2 Å². The summed E-state index contributed by atoms with van der Waals surface area (Å²) in [7, 11) is -7.97. The Kier molecular flexibility index (Phi) is 5.73. The van der Waals surface area contributed by atoms with Crippen LogP contribution in [0.3, 0.4) is 0 Å². The highest BCUT2D eigenvalue weighted by atomic mass is 79.9. The van der Waals surface area contributed by atoms with Crippen molar-refractivity contribution in [2.24, 2.45) is 0 Å². The summed E-state index contributed by atoms with van der Waals surface area (Å²) in [5, 5.41) is 0. The first-order chi connectivity index (χ1) is 13.2. The van der Waals surface area contributed by atoms with Crippen LogP contribution in [0.5, 0.6) is 0 Å². The molecule has 6 nitrogen and oxygen atoms in total. The summed E-state index contributed by atoms with van der Waals surface area (Å²) >= 11 is 3.23. The van der Waals surface area contributed by atoms with Crippen LogP contribution in [0, 0.1) is 5.82 Å². The second kappa shape index (κ2) is 7.90. The molecule has 0 radical (unpaired) electrons. The van der Waals surface area contributed by atoms with Crippen molar-refractivity contribution in [1.29, 1.82) is 0 Å². The fourth-order valence-corrected chi connectivity index (χ4v) is 4.72. The molecule has 3 rings (SSSR count). The third-order valence-electron chi connectivity index (χ3n) is 3.66. The molecule has 0 spiro atoms. The van der Waals surface area contributed by atoms with Gasteiger partial charge in [-0.2, -0.15) is 0 Å². The van der Waals surface area contributed by atoms with E-state index in [1.54, 1.807) is 24.3 Å². The van der Waals surface area contributed by atoms with Gasteiger partial charge in [0.05, 0.1) is 21.2 Å². The first-order valence-electron chi connectivity index (χ1n) is 7.83. The number of halogens is 2. The zero-order chi connectivity index (χ0) is 20.4. The Morgan fingerprint density at radius 2 is 1.04 bits per heavy atom. The predicted molar refractivity (Wildman–Crippen MR) is 109 cm³/mol. The van der Waals surface area contributed by atoms with Gasteiger partial charge in [0.2, 0.25) is 0 Å². The molecule has 0 unspecified atom stereocenters. The third-order valence-corrected chi connectivity index (χ3v) is 6.96. The number of sulfonamides is 2. The summed E-state index contributed by atoms with van der Waals surface area (Å²) in [6, 6.07) is 16.2. The minimum absolute atomic E-state index is 0.0203. The van der Waals surface area contributed by atoms with E-state index >= 15 is 0 Å². The van der Waals surface area contributed by atoms with Crippen LogP contribution in [0.4, 0.5) is 15.8 Å². The van der Waals surface area contributed by atoms with Crippen LogP contribution in [-0.2, 0) is 20.0 Å². The molecule has 0 aliphatic carbocycles. The zero-order valence-electron chi connectivity index (χ0n) is 14.1. The highest BCUT2D eigenvalue weighted by molar-refractivity contribution is 9.10. The Hall–Kier alpha value is -2.43. The van der Waals surface area contributed by atoms with Gasteiger partial charge in [0.25, 0.3) is 20.0 Å². The van der Waals surface area contributed by atoms with E-state index in [0.29, 0.717) is 0 Å². The standard InChI is InChI=1S/C18H14BrFN2O4S2/c19-13-5-9-15(10-6-13)27(23,24)21-17-3-1-2-4-18(17)22-28(25,26)16-11-7-14(20)8-12-16/h1-12,21-22H. The van der Waals surface area contributed by atoms with Crippen LogP contribution < -0.4 is 9.44 Å². The van der Waals surface area contributed by atoms with Crippen LogP contribution in [0.25, 0.3) is 0 Å². The van der Waals surface area contributed by atoms with Crippen LogP contribution in [0.15, 0.2) is 87.1 Å². The van der Waals surface area contributed by atoms with Gasteiger partial charge in [-0.25, -0.2) is 21.2 Å². The fourth-order valence-electron chi connectivity index (χ4n) is 2.30. The predicted octanol–water partition coefficient (Wildman–Crippen LogP) is 4.19. The Labute approximate surface area is 170 Å². The van der Waals surface area contributed by atoms with Crippen molar-refractivity contribution in [2.45, 2.75) is 9.79 Å². The summed E-state index contributed by atoms with van der Waals surface area (Å²) < 4.78 is 68.7. The largest absolute Gasteiger partial charge is 0.277 e. The van der Waals surface area contributed by atoms with Gasteiger partial charge >= 0.3 is 0 Å². The Morgan fingerprint density at radius 3 is 1.46 bits per heavy atom. The van der Waals surface area contributed by atoms with E-state index in [4.69, 9.17) is 0 Å². The number of benzene rings is 3. The smallest absolute Gasteiger partial charge is 0.261 e. The summed E-state index contributed by atoms with van der Waals surface area (Å²) in [5.74, 6) is -0.568. The summed E-state index contributed by atoms with van der Waals surface area (Å²) in [6.45, 7) is 0. The van der Waals surface area contributed by atoms with E-state index in [2.05, 4.69) is 25.4 Å². The molecule has 0 heterocycles. The monoisotopic (exact) mass is 484 g/mol. The van der Waals surface area contributed by atoms with E-state index in [1.807, 2.05) is 0 Å². The zero-order valence-corrected chi connectivity index (χ0v) is 17.4. The lowest BCUT2D eigenvalue weighted by Crippen LogP contribution is -2.17. The van der Waals surface area contributed by atoms with Crippen LogP contribution in [-0.4, -0.2) is 16.8 Å². The van der Waals surface area contributed by atoms with Crippen molar-refractivity contribution in [3.8, 4) is 0 Å². The fraction of sp³-hybridized carbons (Fsp3) is 0. The normalized spacial score (nSPS) is 11.8. The molecule has 0 saturated heterocycles. The van der Waals surface area contributed by atoms with Crippen molar-refractivity contribution >= 4 is 47.4 Å². The molecule has 3 aromatic carbocycles. The Balaban J connectivity index is 1.91. The molecule has 3 aromatic rings. The molecular formula is C18H14BrFN2O4S2. The van der Waals surface area contributed by atoms with E-state index < -0.39 is 25.9 Å². The molecule has 2 N–H and O–H groups in total. The highest BCUT2D eigenvalue weighted by Gasteiger charge is 2.19.